The average Bonchev–Trinajstić information content (AvgIpc) is 2.76. The fourth-order valence-corrected chi connectivity index (χ4v) is 4.42. The van der Waals surface area contributed by atoms with Crippen LogP contribution in [0.5, 0.6) is 0 Å². The van der Waals surface area contributed by atoms with Gasteiger partial charge in [0, 0.05) is 6.04 Å². The summed E-state index contributed by atoms with van der Waals surface area (Å²) in [5, 5.41) is 2.92. The van der Waals surface area contributed by atoms with Crippen LogP contribution in [0.2, 0.25) is 0 Å². The predicted octanol–water partition coefficient (Wildman–Crippen LogP) is 3.01. The first-order chi connectivity index (χ1) is 15.3. The lowest BCUT2D eigenvalue weighted by molar-refractivity contribution is 0.0918. The summed E-state index contributed by atoms with van der Waals surface area (Å²) in [5.74, 6) is -0.763. The van der Waals surface area contributed by atoms with Crippen LogP contribution in [0.15, 0.2) is 58.1 Å². The van der Waals surface area contributed by atoms with E-state index in [2.05, 4.69) is 22.4 Å². The largest absolute Gasteiger partial charge is 0.392 e. The van der Waals surface area contributed by atoms with Crippen LogP contribution in [0, 0.1) is 12.7 Å². The lowest BCUT2D eigenvalue weighted by Crippen LogP contribution is -2.43. The topological polar surface area (TPSA) is 110 Å². The lowest BCUT2D eigenvalue weighted by atomic mass is 9.82. The number of H-pyrrole nitrogens is 1. The Bertz CT molecular complexity index is 1240. The number of benzene rings is 2. The Morgan fingerprint density at radius 3 is 2.44 bits per heavy atom. The number of carbonyl (C=O) groups is 1. The number of amides is 1. The molecule has 0 bridgehead atoms. The zero-order chi connectivity index (χ0) is 22.8. The van der Waals surface area contributed by atoms with E-state index in [-0.39, 0.29) is 23.1 Å². The lowest BCUT2D eigenvalue weighted by Gasteiger charge is -2.29. The van der Waals surface area contributed by atoms with Gasteiger partial charge >= 0.3 is 5.69 Å². The number of hydrogen-bond donors (Lipinski definition) is 3. The van der Waals surface area contributed by atoms with Crippen LogP contribution in [-0.2, 0) is 0 Å². The van der Waals surface area contributed by atoms with Crippen molar-refractivity contribution in [2.45, 2.75) is 44.6 Å². The maximum Gasteiger partial charge on any atom is 0.333 e. The molecule has 0 aliphatic heterocycles. The minimum Gasteiger partial charge on any atom is -0.392 e. The fourth-order valence-electron chi connectivity index (χ4n) is 4.42. The molecule has 0 unspecified atom stereocenters. The third-order valence-corrected chi connectivity index (χ3v) is 5.98. The molecule has 3 aromatic rings. The molecular formula is C24H25FN4O3. The summed E-state index contributed by atoms with van der Waals surface area (Å²) in [6, 6.07) is 14.1. The van der Waals surface area contributed by atoms with Gasteiger partial charge in [-0.15, -0.1) is 0 Å². The summed E-state index contributed by atoms with van der Waals surface area (Å²) in [5.41, 5.74) is 5.50. The highest BCUT2D eigenvalue weighted by atomic mass is 19.1. The first kappa shape index (κ1) is 21.5. The highest BCUT2D eigenvalue weighted by molar-refractivity contribution is 5.98. The summed E-state index contributed by atoms with van der Waals surface area (Å²) in [7, 11) is 0. The van der Waals surface area contributed by atoms with E-state index in [4.69, 9.17) is 5.73 Å². The summed E-state index contributed by atoms with van der Waals surface area (Å²) < 4.78 is 14.9. The van der Waals surface area contributed by atoms with E-state index in [1.54, 1.807) is 13.0 Å². The molecule has 1 fully saturated rings. The number of anilines is 1. The summed E-state index contributed by atoms with van der Waals surface area (Å²) >= 11 is 0. The second kappa shape index (κ2) is 8.82. The van der Waals surface area contributed by atoms with Crippen molar-refractivity contribution in [3.8, 4) is 5.69 Å². The van der Waals surface area contributed by atoms with Gasteiger partial charge in [-0.2, -0.15) is 0 Å². The SMILES string of the molecule is Cc1cc(F)cc(-n2c(C(=O)NC3CCC(c4ccccc4)CC3)c(N)c(=O)[nH]c2=O)c1. The molecule has 1 aliphatic carbocycles. The molecule has 4 N–H and O–H groups in total. The molecule has 0 spiro atoms. The Morgan fingerprint density at radius 1 is 1.09 bits per heavy atom. The molecule has 2 aromatic carbocycles. The van der Waals surface area contributed by atoms with Crippen molar-refractivity contribution < 1.29 is 9.18 Å². The van der Waals surface area contributed by atoms with Crippen molar-refractivity contribution in [1.29, 1.82) is 0 Å². The summed E-state index contributed by atoms with van der Waals surface area (Å²) in [6.45, 7) is 1.66. The second-order valence-corrected chi connectivity index (χ2v) is 8.28. The molecular weight excluding hydrogens is 411 g/mol. The van der Waals surface area contributed by atoms with Crippen LogP contribution in [-0.4, -0.2) is 21.5 Å². The zero-order valence-electron chi connectivity index (χ0n) is 17.7. The van der Waals surface area contributed by atoms with Crippen LogP contribution in [0.3, 0.4) is 0 Å². The molecule has 32 heavy (non-hydrogen) atoms. The van der Waals surface area contributed by atoms with E-state index >= 15 is 0 Å². The summed E-state index contributed by atoms with van der Waals surface area (Å²) in [6.07, 6.45) is 3.35. The quantitative estimate of drug-likeness (QED) is 0.584. The molecule has 0 saturated heterocycles. The van der Waals surface area contributed by atoms with Gasteiger partial charge in [-0.25, -0.2) is 9.18 Å². The molecule has 1 saturated carbocycles. The maximum atomic E-state index is 14.0. The maximum absolute atomic E-state index is 14.0. The molecule has 1 heterocycles. The zero-order valence-corrected chi connectivity index (χ0v) is 17.7. The Labute approximate surface area is 184 Å². The van der Waals surface area contributed by atoms with Gasteiger partial charge in [0.25, 0.3) is 11.5 Å². The number of aryl methyl sites for hydroxylation is 1. The van der Waals surface area contributed by atoms with Gasteiger partial charge in [0.15, 0.2) is 0 Å². The van der Waals surface area contributed by atoms with Crippen LogP contribution < -0.4 is 22.3 Å². The number of aromatic nitrogens is 2. The average molecular weight is 436 g/mol. The fraction of sp³-hybridized carbons (Fsp3) is 0.292. The van der Waals surface area contributed by atoms with Gasteiger partial charge in [0.05, 0.1) is 5.69 Å². The van der Waals surface area contributed by atoms with Gasteiger partial charge in [-0.3, -0.25) is 19.1 Å². The molecule has 1 amide bonds. The number of rotatable bonds is 4. The second-order valence-electron chi connectivity index (χ2n) is 8.28. The van der Waals surface area contributed by atoms with Gasteiger partial charge in [0.2, 0.25) is 0 Å². The smallest absolute Gasteiger partial charge is 0.333 e. The van der Waals surface area contributed by atoms with Crippen LogP contribution >= 0.6 is 0 Å². The monoisotopic (exact) mass is 436 g/mol. The number of halogens is 1. The third kappa shape index (κ3) is 4.34. The van der Waals surface area contributed by atoms with Gasteiger partial charge < -0.3 is 11.1 Å². The molecule has 166 valence electrons. The van der Waals surface area contributed by atoms with E-state index < -0.39 is 23.0 Å². The van der Waals surface area contributed by atoms with Crippen LogP contribution in [0.25, 0.3) is 5.69 Å². The number of aromatic amines is 1. The minimum atomic E-state index is -0.855. The first-order valence-corrected chi connectivity index (χ1v) is 10.6. The molecule has 7 nitrogen and oxygen atoms in total. The van der Waals surface area contributed by atoms with E-state index in [0.717, 1.165) is 36.3 Å². The highest BCUT2D eigenvalue weighted by Crippen LogP contribution is 2.32. The van der Waals surface area contributed by atoms with Crippen molar-refractivity contribution in [3.05, 3.63) is 92.0 Å². The Hall–Kier alpha value is -3.68. The van der Waals surface area contributed by atoms with Gasteiger partial charge in [0.1, 0.15) is 17.2 Å². The summed E-state index contributed by atoms with van der Waals surface area (Å²) in [4.78, 5) is 40.0. The number of nitrogen functional groups attached to an aromatic ring is 1. The number of nitrogens with zero attached hydrogens (tertiary/aromatic N) is 1. The third-order valence-electron chi connectivity index (χ3n) is 5.98. The number of nitrogens with one attached hydrogen (secondary N) is 2. The molecule has 4 rings (SSSR count). The van der Waals surface area contributed by atoms with Crippen molar-refractivity contribution in [2.24, 2.45) is 0 Å². The van der Waals surface area contributed by atoms with E-state index in [1.807, 2.05) is 18.2 Å². The highest BCUT2D eigenvalue weighted by Gasteiger charge is 2.27. The van der Waals surface area contributed by atoms with Crippen molar-refractivity contribution in [3.63, 3.8) is 0 Å². The van der Waals surface area contributed by atoms with Gasteiger partial charge in [-0.1, -0.05) is 30.3 Å². The van der Waals surface area contributed by atoms with Crippen molar-refractivity contribution >= 4 is 11.6 Å². The normalized spacial score (nSPS) is 18.3. The van der Waals surface area contributed by atoms with Crippen molar-refractivity contribution in [2.75, 3.05) is 5.73 Å². The number of nitrogens with two attached hydrogens (primary N) is 1. The van der Waals surface area contributed by atoms with E-state index in [9.17, 15) is 18.8 Å². The van der Waals surface area contributed by atoms with E-state index in [1.165, 1.54) is 11.6 Å². The number of carbonyl (C=O) groups excluding carboxylic acids is 1. The van der Waals surface area contributed by atoms with E-state index in [0.29, 0.717) is 11.5 Å². The minimum absolute atomic E-state index is 0.112. The van der Waals surface area contributed by atoms with Gasteiger partial charge in [-0.05, 0) is 67.9 Å². The van der Waals surface area contributed by atoms with Crippen LogP contribution in [0.4, 0.5) is 10.1 Å². The Morgan fingerprint density at radius 2 is 1.78 bits per heavy atom. The van der Waals surface area contributed by atoms with Crippen LogP contribution in [0.1, 0.15) is 53.2 Å². The molecule has 1 aromatic heterocycles. The molecule has 0 radical (unpaired) electrons. The molecule has 1 aliphatic rings. The first-order valence-electron chi connectivity index (χ1n) is 10.6. The Balaban J connectivity index is 1.60. The molecule has 0 atom stereocenters. The predicted molar refractivity (Wildman–Crippen MR) is 121 cm³/mol. The standard InChI is InChI=1S/C24H25FN4O3/c1-14-11-17(25)13-19(12-14)29-21(20(26)22(30)28-24(29)32)23(31)27-18-9-7-16(8-10-18)15-5-3-2-4-6-15/h2-6,11-13,16,18H,7-10,26H2,1H3,(H,27,31)(H,28,30,32). The molecule has 8 heteroatoms. The Kier molecular flexibility index (Phi) is 5.94. The van der Waals surface area contributed by atoms with Crippen molar-refractivity contribution in [1.82, 2.24) is 14.9 Å². The number of hydrogen-bond acceptors (Lipinski definition) is 4.